The first-order chi connectivity index (χ1) is 11.1. The minimum Gasteiger partial charge on any atom is -0.497 e. The summed E-state index contributed by atoms with van der Waals surface area (Å²) in [7, 11) is 0.680. The largest absolute Gasteiger partial charge is 0.497 e. The van der Waals surface area contributed by atoms with Crippen molar-refractivity contribution in [2.75, 3.05) is 12.4 Å². The number of rotatable bonds is 5. The van der Waals surface area contributed by atoms with E-state index >= 15 is 0 Å². The second-order valence-corrected chi connectivity index (χ2v) is 6.87. The number of aromatic nitrogens is 2. The van der Waals surface area contributed by atoms with Gasteiger partial charge in [0, 0.05) is 22.8 Å². The molecule has 0 unspecified atom stereocenters. The highest BCUT2D eigenvalue weighted by Crippen LogP contribution is 2.31. The zero-order valence-electron chi connectivity index (χ0n) is 13.2. The predicted octanol–water partition coefficient (Wildman–Crippen LogP) is 2.38. The summed E-state index contributed by atoms with van der Waals surface area (Å²) in [6.07, 6.45) is 1.22. The van der Waals surface area contributed by atoms with Gasteiger partial charge in [-0.25, -0.2) is 4.68 Å². The fraction of sp³-hybridized carbons (Fsp3) is 0.375. The van der Waals surface area contributed by atoms with Gasteiger partial charge in [-0.15, -0.1) is 0 Å². The van der Waals surface area contributed by atoms with Crippen LogP contribution in [0.15, 0.2) is 24.3 Å². The number of hydrogen-bond donors (Lipinski definition) is 1. The molecule has 0 aliphatic carbocycles. The lowest BCUT2D eigenvalue weighted by Crippen LogP contribution is -2.15. The highest BCUT2D eigenvalue weighted by Gasteiger charge is 2.28. The molecule has 6 nitrogen and oxygen atoms in total. The number of benzene rings is 1. The molecule has 3 rings (SSSR count). The Labute approximate surface area is 137 Å². The Morgan fingerprint density at radius 2 is 2.09 bits per heavy atom. The molecule has 2 heterocycles. The maximum absolute atomic E-state index is 12.0. The van der Waals surface area contributed by atoms with Gasteiger partial charge in [0.25, 0.3) is 0 Å². The Kier molecular flexibility index (Phi) is 4.47. The summed E-state index contributed by atoms with van der Waals surface area (Å²) in [5, 5.41) is 7.48. The molecule has 1 aliphatic heterocycles. The summed E-state index contributed by atoms with van der Waals surface area (Å²) in [5.74, 6) is 2.21. The van der Waals surface area contributed by atoms with Crippen molar-refractivity contribution in [1.82, 2.24) is 9.78 Å². The number of anilines is 1. The molecular weight excluding hydrogens is 314 g/mol. The highest BCUT2D eigenvalue weighted by atomic mass is 32.2. The van der Waals surface area contributed by atoms with Gasteiger partial charge in [0.05, 0.1) is 30.0 Å². The molecule has 0 spiro atoms. The van der Waals surface area contributed by atoms with Crippen molar-refractivity contribution in [3.05, 3.63) is 35.5 Å². The molecule has 1 amide bonds. The van der Waals surface area contributed by atoms with Gasteiger partial charge in [-0.1, -0.05) is 6.92 Å². The molecule has 122 valence electrons. The fourth-order valence-corrected chi connectivity index (χ4v) is 3.85. The van der Waals surface area contributed by atoms with Crippen LogP contribution in [-0.2, 0) is 27.1 Å². The molecule has 1 aliphatic rings. The molecule has 1 atom stereocenters. The first-order valence-electron chi connectivity index (χ1n) is 7.52. The minimum absolute atomic E-state index is 0.0531. The molecule has 7 heteroatoms. The summed E-state index contributed by atoms with van der Waals surface area (Å²) in [4.78, 5) is 12.0. The molecule has 23 heavy (non-hydrogen) atoms. The van der Waals surface area contributed by atoms with E-state index in [1.807, 2.05) is 31.2 Å². The normalized spacial score (nSPS) is 16.2. The topological polar surface area (TPSA) is 73.2 Å². The van der Waals surface area contributed by atoms with E-state index in [9.17, 15) is 9.00 Å². The Morgan fingerprint density at radius 3 is 2.74 bits per heavy atom. The van der Waals surface area contributed by atoms with Crippen LogP contribution in [0.1, 0.15) is 31.0 Å². The zero-order valence-corrected chi connectivity index (χ0v) is 14.0. The van der Waals surface area contributed by atoms with Gasteiger partial charge in [-0.2, -0.15) is 5.10 Å². The Balaban J connectivity index is 2.00. The molecule has 1 aromatic carbocycles. The average molecular weight is 333 g/mol. The third-order valence-electron chi connectivity index (χ3n) is 3.72. The number of methoxy groups -OCH3 is 1. The van der Waals surface area contributed by atoms with Crippen LogP contribution >= 0.6 is 0 Å². The average Bonchev–Trinajstić information content (AvgIpc) is 3.05. The highest BCUT2D eigenvalue weighted by molar-refractivity contribution is 7.83. The summed E-state index contributed by atoms with van der Waals surface area (Å²) in [5.41, 5.74) is 2.51. The number of fused-ring (bicyclic) bond motifs is 1. The van der Waals surface area contributed by atoms with Crippen LogP contribution in [0.4, 0.5) is 5.82 Å². The third kappa shape index (κ3) is 3.14. The van der Waals surface area contributed by atoms with Gasteiger partial charge in [0.15, 0.2) is 0 Å². The molecule has 0 saturated heterocycles. The molecule has 0 saturated carbocycles. The molecular formula is C16H19N3O3S. The first kappa shape index (κ1) is 15.7. The number of amides is 1. The van der Waals surface area contributed by atoms with E-state index in [0.717, 1.165) is 29.1 Å². The van der Waals surface area contributed by atoms with E-state index in [1.54, 1.807) is 11.8 Å². The second-order valence-electron chi connectivity index (χ2n) is 5.41. The van der Waals surface area contributed by atoms with E-state index in [4.69, 9.17) is 4.74 Å². The van der Waals surface area contributed by atoms with Crippen molar-refractivity contribution in [3.63, 3.8) is 0 Å². The fourth-order valence-electron chi connectivity index (χ4n) is 2.59. The second kappa shape index (κ2) is 6.54. The number of nitrogens with zero attached hydrogens (tertiary/aromatic N) is 2. The zero-order chi connectivity index (χ0) is 16.4. The Morgan fingerprint density at radius 1 is 1.35 bits per heavy atom. The van der Waals surface area contributed by atoms with Gasteiger partial charge in [0.1, 0.15) is 11.6 Å². The summed E-state index contributed by atoms with van der Waals surface area (Å²) >= 11 is 0. The number of carbonyl (C=O) groups excluding carboxylic acids is 1. The summed E-state index contributed by atoms with van der Waals surface area (Å²) in [6, 6.07) is 7.46. The van der Waals surface area contributed by atoms with Gasteiger partial charge in [0.2, 0.25) is 5.91 Å². The van der Waals surface area contributed by atoms with Crippen LogP contribution in [0.3, 0.4) is 0 Å². The lowest BCUT2D eigenvalue weighted by Gasteiger charge is -2.11. The predicted molar refractivity (Wildman–Crippen MR) is 89.2 cm³/mol. The van der Waals surface area contributed by atoms with Crippen molar-refractivity contribution in [2.45, 2.75) is 31.3 Å². The number of ether oxygens (including phenoxy) is 1. The minimum atomic E-state index is -0.934. The lowest BCUT2D eigenvalue weighted by molar-refractivity contribution is -0.116. The molecule has 0 fully saturated rings. The van der Waals surface area contributed by atoms with E-state index < -0.39 is 10.8 Å². The van der Waals surface area contributed by atoms with Crippen LogP contribution in [0, 0.1) is 0 Å². The van der Waals surface area contributed by atoms with E-state index in [1.165, 1.54) is 0 Å². The quantitative estimate of drug-likeness (QED) is 0.912. The van der Waals surface area contributed by atoms with Crippen molar-refractivity contribution in [2.24, 2.45) is 0 Å². The summed E-state index contributed by atoms with van der Waals surface area (Å²) < 4.78 is 18.7. The number of hydrogen-bond acceptors (Lipinski definition) is 4. The molecule has 0 radical (unpaired) electrons. The molecule has 2 aromatic rings. The maximum Gasteiger partial charge on any atom is 0.225 e. The van der Waals surface area contributed by atoms with Gasteiger partial charge in [-0.05, 0) is 30.7 Å². The SMILES string of the molecule is CCCC(=O)Nc1c2c(nn1-c1ccc(OC)cc1)C[S@](=O)C2. The number of carbonyl (C=O) groups is 1. The lowest BCUT2D eigenvalue weighted by atomic mass is 10.2. The summed E-state index contributed by atoms with van der Waals surface area (Å²) in [6.45, 7) is 1.96. The maximum atomic E-state index is 12.0. The van der Waals surface area contributed by atoms with Gasteiger partial charge < -0.3 is 10.1 Å². The van der Waals surface area contributed by atoms with Crippen LogP contribution in [0.2, 0.25) is 0 Å². The van der Waals surface area contributed by atoms with Gasteiger partial charge >= 0.3 is 0 Å². The van der Waals surface area contributed by atoms with Crippen molar-refractivity contribution in [1.29, 1.82) is 0 Å². The first-order valence-corrected chi connectivity index (χ1v) is 9.01. The standard InChI is InChI=1S/C16H19N3O3S/c1-3-4-15(20)17-16-13-9-23(21)10-14(13)18-19(16)11-5-7-12(22-2)8-6-11/h5-8H,3-4,9-10H2,1-2H3,(H,17,20)/t23-/m1/s1. The third-order valence-corrected chi connectivity index (χ3v) is 4.93. The van der Waals surface area contributed by atoms with Crippen LogP contribution in [-0.4, -0.2) is 27.0 Å². The van der Waals surface area contributed by atoms with E-state index in [2.05, 4.69) is 10.4 Å². The van der Waals surface area contributed by atoms with Gasteiger partial charge in [-0.3, -0.25) is 9.00 Å². The Bertz CT molecular complexity index is 753. The van der Waals surface area contributed by atoms with Crippen LogP contribution in [0.5, 0.6) is 5.75 Å². The van der Waals surface area contributed by atoms with Crippen LogP contribution < -0.4 is 10.1 Å². The van der Waals surface area contributed by atoms with Crippen molar-refractivity contribution >= 4 is 22.5 Å². The molecule has 1 aromatic heterocycles. The van der Waals surface area contributed by atoms with Crippen molar-refractivity contribution in [3.8, 4) is 11.4 Å². The monoisotopic (exact) mass is 333 g/mol. The smallest absolute Gasteiger partial charge is 0.225 e. The van der Waals surface area contributed by atoms with E-state index in [0.29, 0.717) is 23.7 Å². The molecule has 0 bridgehead atoms. The Hall–Kier alpha value is -2.15. The molecule has 1 N–H and O–H groups in total. The van der Waals surface area contributed by atoms with E-state index in [-0.39, 0.29) is 5.91 Å². The van der Waals surface area contributed by atoms with Crippen LogP contribution in [0.25, 0.3) is 5.69 Å². The number of nitrogens with one attached hydrogen (secondary N) is 1. The van der Waals surface area contributed by atoms with Crippen molar-refractivity contribution < 1.29 is 13.7 Å².